The van der Waals surface area contributed by atoms with Crippen LogP contribution < -0.4 is 10.6 Å². The van der Waals surface area contributed by atoms with Gasteiger partial charge in [0.2, 0.25) is 0 Å². The number of benzene rings is 5. The molecule has 3 N–H and O–H groups in total. The van der Waals surface area contributed by atoms with E-state index in [1.54, 1.807) is 42.5 Å². The third kappa shape index (κ3) is 5.79. The number of hydrogen-bond donors (Lipinski definition) is 3. The predicted molar refractivity (Wildman–Crippen MR) is 151 cm³/mol. The number of phenols is 1. The molecule has 186 valence electrons. The van der Waals surface area contributed by atoms with Crippen molar-refractivity contribution in [1.82, 2.24) is 5.32 Å². The van der Waals surface area contributed by atoms with Crippen molar-refractivity contribution in [1.29, 1.82) is 0 Å². The van der Waals surface area contributed by atoms with Crippen molar-refractivity contribution in [3.8, 4) is 28.0 Å². The second kappa shape index (κ2) is 11.3. The van der Waals surface area contributed by atoms with Crippen molar-refractivity contribution in [2.45, 2.75) is 6.54 Å². The van der Waals surface area contributed by atoms with Crippen molar-refractivity contribution in [2.75, 3.05) is 5.32 Å². The molecule has 0 aliphatic rings. The van der Waals surface area contributed by atoms with Crippen LogP contribution in [0.5, 0.6) is 5.75 Å². The van der Waals surface area contributed by atoms with Gasteiger partial charge in [-0.05, 0) is 64.2 Å². The first-order valence-electron chi connectivity index (χ1n) is 12.3. The molecule has 0 spiro atoms. The van der Waals surface area contributed by atoms with Gasteiger partial charge in [0, 0.05) is 23.4 Å². The van der Waals surface area contributed by atoms with Gasteiger partial charge in [-0.15, -0.1) is 0 Å². The van der Waals surface area contributed by atoms with E-state index < -0.39 is 0 Å². The molecule has 0 heterocycles. The number of carbonyl (C=O) groups excluding carboxylic acids is 2. The van der Waals surface area contributed by atoms with Gasteiger partial charge in [-0.25, -0.2) is 0 Å². The van der Waals surface area contributed by atoms with Gasteiger partial charge in [-0.1, -0.05) is 91.0 Å². The number of hydrogen-bond acceptors (Lipinski definition) is 3. The first-order valence-corrected chi connectivity index (χ1v) is 12.3. The van der Waals surface area contributed by atoms with Crippen molar-refractivity contribution in [3.05, 3.63) is 144 Å². The Morgan fingerprint density at radius 1 is 0.605 bits per heavy atom. The van der Waals surface area contributed by atoms with Gasteiger partial charge < -0.3 is 15.7 Å². The molecule has 0 atom stereocenters. The number of amides is 2. The summed E-state index contributed by atoms with van der Waals surface area (Å²) < 4.78 is 0. The molecule has 5 heteroatoms. The van der Waals surface area contributed by atoms with Crippen LogP contribution in [0.15, 0.2) is 127 Å². The van der Waals surface area contributed by atoms with Crippen molar-refractivity contribution >= 4 is 17.5 Å². The van der Waals surface area contributed by atoms with Crippen LogP contribution in [0.4, 0.5) is 5.69 Å². The van der Waals surface area contributed by atoms with E-state index in [9.17, 15) is 14.7 Å². The van der Waals surface area contributed by atoms with E-state index >= 15 is 0 Å². The molecule has 5 aromatic rings. The third-order valence-corrected chi connectivity index (χ3v) is 6.25. The van der Waals surface area contributed by atoms with E-state index in [1.807, 2.05) is 84.9 Å². The summed E-state index contributed by atoms with van der Waals surface area (Å²) in [7, 11) is 0. The van der Waals surface area contributed by atoms with Crippen LogP contribution in [0, 0.1) is 0 Å². The first kappa shape index (κ1) is 24.5. The molecule has 0 fully saturated rings. The normalized spacial score (nSPS) is 10.5. The minimum atomic E-state index is -0.240. The minimum absolute atomic E-state index is 0.228. The van der Waals surface area contributed by atoms with Crippen LogP contribution in [0.1, 0.15) is 26.3 Å². The Labute approximate surface area is 221 Å². The first-order chi connectivity index (χ1) is 18.6. The van der Waals surface area contributed by atoms with E-state index in [4.69, 9.17) is 0 Å². The van der Waals surface area contributed by atoms with Gasteiger partial charge in [-0.3, -0.25) is 9.59 Å². The molecule has 2 amide bonds. The number of aromatic hydroxyl groups is 1. The molecule has 0 aromatic heterocycles. The maximum atomic E-state index is 13.1. The molecule has 0 aliphatic carbocycles. The van der Waals surface area contributed by atoms with Crippen LogP contribution in [-0.2, 0) is 6.54 Å². The highest BCUT2D eigenvalue weighted by Crippen LogP contribution is 2.25. The SMILES string of the molecule is O=C(NCc1ccc(-c2ccc(O)cc2)cc1)c1cccc(NC(=O)c2ccccc2-c2ccccc2)c1. The van der Waals surface area contributed by atoms with Crippen molar-refractivity contribution in [2.24, 2.45) is 0 Å². The van der Waals surface area contributed by atoms with Gasteiger partial charge in [0.1, 0.15) is 5.75 Å². The standard InChI is InChI=1S/C33H26N2O3/c36-29-19-17-25(18-20-29)24-15-13-23(14-16-24)22-34-32(37)27-9-6-10-28(21-27)35-33(38)31-12-5-4-11-30(31)26-7-2-1-3-8-26/h1-21,36H,22H2,(H,34,37)(H,35,38). The average molecular weight is 499 g/mol. The Balaban J connectivity index is 1.23. The number of rotatable bonds is 7. The molecule has 5 nitrogen and oxygen atoms in total. The summed E-state index contributed by atoms with van der Waals surface area (Å²) in [4.78, 5) is 26.0. The average Bonchev–Trinajstić information content (AvgIpc) is 2.97. The molecular formula is C33H26N2O3. The molecule has 0 bridgehead atoms. The Morgan fingerprint density at radius 2 is 1.26 bits per heavy atom. The van der Waals surface area contributed by atoms with Gasteiger partial charge in [0.25, 0.3) is 11.8 Å². The lowest BCUT2D eigenvalue weighted by atomic mass is 9.99. The molecule has 0 saturated carbocycles. The summed E-state index contributed by atoms with van der Waals surface area (Å²) in [6.07, 6.45) is 0. The predicted octanol–water partition coefficient (Wildman–Crippen LogP) is 6.91. The molecule has 0 unspecified atom stereocenters. The summed E-state index contributed by atoms with van der Waals surface area (Å²) in [5.74, 6) is -0.238. The Morgan fingerprint density at radius 3 is 2.00 bits per heavy atom. The Hall–Kier alpha value is -5.16. The lowest BCUT2D eigenvalue weighted by Crippen LogP contribution is -2.23. The van der Waals surface area contributed by atoms with Crippen molar-refractivity contribution in [3.63, 3.8) is 0 Å². The smallest absolute Gasteiger partial charge is 0.256 e. The summed E-state index contributed by atoms with van der Waals surface area (Å²) >= 11 is 0. The minimum Gasteiger partial charge on any atom is -0.508 e. The monoisotopic (exact) mass is 498 g/mol. The van der Waals surface area contributed by atoms with E-state index in [2.05, 4.69) is 10.6 Å². The van der Waals surface area contributed by atoms with Crippen LogP contribution in [0.25, 0.3) is 22.3 Å². The van der Waals surface area contributed by atoms with Gasteiger partial charge >= 0.3 is 0 Å². The largest absolute Gasteiger partial charge is 0.508 e. The lowest BCUT2D eigenvalue weighted by molar-refractivity contribution is 0.0949. The maximum absolute atomic E-state index is 13.1. The molecule has 0 saturated heterocycles. The zero-order valence-electron chi connectivity index (χ0n) is 20.6. The third-order valence-electron chi connectivity index (χ3n) is 6.25. The van der Waals surface area contributed by atoms with Crippen LogP contribution in [-0.4, -0.2) is 16.9 Å². The fourth-order valence-corrected chi connectivity index (χ4v) is 4.24. The molecule has 0 radical (unpaired) electrons. The van der Waals surface area contributed by atoms with Crippen LogP contribution in [0.2, 0.25) is 0 Å². The number of anilines is 1. The fourth-order valence-electron chi connectivity index (χ4n) is 4.24. The highest BCUT2D eigenvalue weighted by atomic mass is 16.3. The summed E-state index contributed by atoms with van der Waals surface area (Å²) in [6, 6.07) is 39.0. The second-order valence-electron chi connectivity index (χ2n) is 8.87. The zero-order valence-corrected chi connectivity index (χ0v) is 20.6. The maximum Gasteiger partial charge on any atom is 0.256 e. The summed E-state index contributed by atoms with van der Waals surface area (Å²) in [5.41, 5.74) is 6.36. The Bertz CT molecular complexity index is 1560. The van der Waals surface area contributed by atoms with Crippen molar-refractivity contribution < 1.29 is 14.7 Å². The van der Waals surface area contributed by atoms with Crippen LogP contribution in [0.3, 0.4) is 0 Å². The second-order valence-corrected chi connectivity index (χ2v) is 8.87. The quantitative estimate of drug-likeness (QED) is 0.228. The van der Waals surface area contributed by atoms with Crippen LogP contribution >= 0.6 is 0 Å². The molecular weight excluding hydrogens is 472 g/mol. The van der Waals surface area contributed by atoms with Gasteiger partial charge in [-0.2, -0.15) is 0 Å². The summed E-state index contributed by atoms with van der Waals surface area (Å²) in [6.45, 7) is 0.371. The Kier molecular flexibility index (Phi) is 7.27. The van der Waals surface area contributed by atoms with E-state index in [0.717, 1.165) is 27.8 Å². The van der Waals surface area contributed by atoms with E-state index in [-0.39, 0.29) is 17.6 Å². The lowest BCUT2D eigenvalue weighted by Gasteiger charge is -2.12. The summed E-state index contributed by atoms with van der Waals surface area (Å²) in [5, 5.41) is 15.3. The molecule has 5 rings (SSSR count). The molecule has 5 aromatic carbocycles. The molecule has 38 heavy (non-hydrogen) atoms. The number of nitrogens with one attached hydrogen (secondary N) is 2. The fraction of sp³-hybridized carbons (Fsp3) is 0.0303. The highest BCUT2D eigenvalue weighted by molar-refractivity contribution is 6.09. The zero-order chi connectivity index (χ0) is 26.3. The number of phenolic OH excluding ortho intramolecular Hbond substituents is 1. The molecule has 0 aliphatic heterocycles. The number of carbonyl (C=O) groups is 2. The highest BCUT2D eigenvalue weighted by Gasteiger charge is 2.14. The topological polar surface area (TPSA) is 78.4 Å². The van der Waals surface area contributed by atoms with E-state index in [1.165, 1.54) is 0 Å². The van der Waals surface area contributed by atoms with E-state index in [0.29, 0.717) is 23.4 Å². The van der Waals surface area contributed by atoms with Gasteiger partial charge in [0.15, 0.2) is 0 Å². The van der Waals surface area contributed by atoms with Gasteiger partial charge in [0.05, 0.1) is 0 Å².